The number of carbonyl (C=O) groups excluding carboxylic acids is 2. The van der Waals surface area contributed by atoms with Gasteiger partial charge in [-0.15, -0.1) is 0 Å². The third kappa shape index (κ3) is 2.64. The molecule has 0 saturated carbocycles. The van der Waals surface area contributed by atoms with Crippen LogP contribution >= 0.6 is 0 Å². The number of nitro groups is 1. The molecule has 3 amide bonds. The molecular weight excluding hydrogens is 298 g/mol. The van der Waals surface area contributed by atoms with Crippen LogP contribution in [-0.2, 0) is 16.8 Å². The summed E-state index contributed by atoms with van der Waals surface area (Å²) >= 11 is 0. The Morgan fingerprint density at radius 2 is 1.65 bits per heavy atom. The van der Waals surface area contributed by atoms with Crippen molar-refractivity contribution in [3.05, 3.63) is 75.8 Å². The van der Waals surface area contributed by atoms with Crippen LogP contribution in [0.1, 0.15) is 11.1 Å². The van der Waals surface area contributed by atoms with Gasteiger partial charge in [0.1, 0.15) is 0 Å². The quantitative estimate of drug-likeness (QED) is 0.511. The van der Waals surface area contributed by atoms with Gasteiger partial charge in [-0.3, -0.25) is 20.2 Å². The van der Waals surface area contributed by atoms with Crippen molar-refractivity contribution < 1.29 is 14.5 Å². The molecule has 2 aromatic carbocycles. The maximum atomic E-state index is 12.4. The van der Waals surface area contributed by atoms with Gasteiger partial charge < -0.3 is 5.32 Å². The number of hydrogen-bond acceptors (Lipinski definition) is 4. The lowest BCUT2D eigenvalue weighted by molar-refractivity contribution is -0.384. The zero-order valence-electron chi connectivity index (χ0n) is 12.0. The molecule has 3 rings (SSSR count). The van der Waals surface area contributed by atoms with Crippen LogP contribution in [0.15, 0.2) is 54.6 Å². The summed E-state index contributed by atoms with van der Waals surface area (Å²) in [5, 5.41) is 15.7. The first-order chi connectivity index (χ1) is 11.0. The van der Waals surface area contributed by atoms with Crippen molar-refractivity contribution in [2.45, 2.75) is 12.0 Å². The molecule has 0 aliphatic carbocycles. The van der Waals surface area contributed by atoms with Crippen molar-refractivity contribution in [2.75, 3.05) is 0 Å². The molecule has 0 unspecified atom stereocenters. The van der Waals surface area contributed by atoms with E-state index in [-0.39, 0.29) is 12.1 Å². The van der Waals surface area contributed by atoms with E-state index >= 15 is 0 Å². The van der Waals surface area contributed by atoms with Gasteiger partial charge in [0.25, 0.3) is 11.6 Å². The van der Waals surface area contributed by atoms with Crippen molar-refractivity contribution in [2.24, 2.45) is 0 Å². The van der Waals surface area contributed by atoms with Crippen molar-refractivity contribution in [3.8, 4) is 0 Å². The molecule has 23 heavy (non-hydrogen) atoms. The van der Waals surface area contributed by atoms with Gasteiger partial charge in [0.2, 0.25) is 0 Å². The summed E-state index contributed by atoms with van der Waals surface area (Å²) in [6.45, 7) is 0. The van der Waals surface area contributed by atoms with Crippen molar-refractivity contribution >= 4 is 17.6 Å². The summed E-state index contributed by atoms with van der Waals surface area (Å²) in [6, 6.07) is 14.3. The van der Waals surface area contributed by atoms with Gasteiger partial charge in [-0.05, 0) is 11.1 Å². The predicted molar refractivity (Wildman–Crippen MR) is 81.6 cm³/mol. The summed E-state index contributed by atoms with van der Waals surface area (Å²) in [4.78, 5) is 34.3. The second kappa shape index (κ2) is 5.53. The minimum atomic E-state index is -1.21. The second-order valence-electron chi connectivity index (χ2n) is 5.28. The van der Waals surface area contributed by atoms with E-state index in [1.54, 1.807) is 36.4 Å². The fourth-order valence-corrected chi connectivity index (χ4v) is 2.69. The van der Waals surface area contributed by atoms with Gasteiger partial charge in [-0.25, -0.2) is 4.79 Å². The van der Waals surface area contributed by atoms with E-state index in [4.69, 9.17) is 0 Å². The van der Waals surface area contributed by atoms with Crippen LogP contribution in [0.2, 0.25) is 0 Å². The van der Waals surface area contributed by atoms with E-state index in [0.29, 0.717) is 11.1 Å². The molecule has 0 aromatic heterocycles. The molecule has 2 aromatic rings. The van der Waals surface area contributed by atoms with Gasteiger partial charge in [0.15, 0.2) is 5.54 Å². The number of nitrogens with one attached hydrogen (secondary N) is 2. The third-order valence-electron chi connectivity index (χ3n) is 3.82. The summed E-state index contributed by atoms with van der Waals surface area (Å²) in [5.41, 5.74) is 0.120. The van der Waals surface area contributed by atoms with Crippen molar-refractivity contribution in [1.82, 2.24) is 10.6 Å². The molecule has 0 spiro atoms. The average Bonchev–Trinajstić information content (AvgIpc) is 2.83. The minimum absolute atomic E-state index is 0.0255. The Balaban J connectivity index is 1.99. The molecule has 1 heterocycles. The number of nitro benzene ring substituents is 1. The topological polar surface area (TPSA) is 101 Å². The van der Waals surface area contributed by atoms with E-state index in [1.165, 1.54) is 12.1 Å². The highest BCUT2D eigenvalue weighted by Crippen LogP contribution is 2.29. The van der Waals surface area contributed by atoms with E-state index in [0.717, 1.165) is 0 Å². The smallest absolute Gasteiger partial charge is 0.319 e. The molecule has 0 bridgehead atoms. The number of non-ortho nitro benzene ring substituents is 1. The highest BCUT2D eigenvalue weighted by atomic mass is 16.6. The van der Waals surface area contributed by atoms with Crippen molar-refractivity contribution in [1.29, 1.82) is 0 Å². The van der Waals surface area contributed by atoms with Crippen LogP contribution in [0.4, 0.5) is 10.5 Å². The first-order valence-corrected chi connectivity index (χ1v) is 6.94. The van der Waals surface area contributed by atoms with Gasteiger partial charge in [0.05, 0.1) is 4.92 Å². The largest absolute Gasteiger partial charge is 0.322 e. The molecule has 1 aliphatic rings. The highest BCUT2D eigenvalue weighted by molar-refractivity contribution is 6.07. The zero-order chi connectivity index (χ0) is 16.4. The van der Waals surface area contributed by atoms with E-state index < -0.39 is 22.4 Å². The molecule has 0 radical (unpaired) electrons. The number of hydrogen-bond donors (Lipinski definition) is 2. The van der Waals surface area contributed by atoms with E-state index in [2.05, 4.69) is 10.6 Å². The first kappa shape index (κ1) is 14.7. The van der Waals surface area contributed by atoms with Crippen LogP contribution in [-0.4, -0.2) is 16.9 Å². The van der Waals surface area contributed by atoms with Gasteiger partial charge in [-0.2, -0.15) is 0 Å². The number of carbonyl (C=O) groups is 2. The third-order valence-corrected chi connectivity index (χ3v) is 3.82. The number of benzene rings is 2. The standard InChI is InChI=1S/C16H13N3O4/c20-14-16(18-15(21)17-14,12-4-2-1-3-5-12)10-11-6-8-13(9-7-11)19(22)23/h1-9H,10H2,(H2,17,18,20,21)/t16-/m1/s1. The Kier molecular flexibility index (Phi) is 3.53. The van der Waals surface area contributed by atoms with Gasteiger partial charge in [0, 0.05) is 18.6 Å². The van der Waals surface area contributed by atoms with Crippen LogP contribution in [0.3, 0.4) is 0 Å². The molecule has 7 nitrogen and oxygen atoms in total. The maximum Gasteiger partial charge on any atom is 0.322 e. The highest BCUT2D eigenvalue weighted by Gasteiger charge is 2.47. The Labute approximate surface area is 131 Å². The number of rotatable bonds is 4. The normalized spacial score (nSPS) is 20.0. The summed E-state index contributed by atoms with van der Waals surface area (Å²) in [7, 11) is 0. The van der Waals surface area contributed by atoms with E-state index in [1.807, 2.05) is 6.07 Å². The Morgan fingerprint density at radius 3 is 2.17 bits per heavy atom. The SMILES string of the molecule is O=C1NC(=O)[C@@](Cc2ccc([N+](=O)[O-])cc2)(c2ccccc2)N1. The second-order valence-corrected chi connectivity index (χ2v) is 5.28. The van der Waals surface area contributed by atoms with Gasteiger partial charge >= 0.3 is 6.03 Å². The van der Waals surface area contributed by atoms with Crippen LogP contribution in [0, 0.1) is 10.1 Å². The molecule has 116 valence electrons. The molecule has 7 heteroatoms. The number of amides is 3. The fraction of sp³-hybridized carbons (Fsp3) is 0.125. The molecule has 1 fully saturated rings. The predicted octanol–water partition coefficient (Wildman–Crippen LogP) is 1.87. The van der Waals surface area contributed by atoms with E-state index in [9.17, 15) is 19.7 Å². The van der Waals surface area contributed by atoms with Crippen LogP contribution < -0.4 is 10.6 Å². The zero-order valence-corrected chi connectivity index (χ0v) is 12.0. The summed E-state index contributed by atoms with van der Waals surface area (Å²) in [5.74, 6) is -0.438. The fourth-order valence-electron chi connectivity index (χ4n) is 2.69. The number of imide groups is 1. The molecule has 1 aliphatic heterocycles. The number of nitrogens with zero attached hydrogens (tertiary/aromatic N) is 1. The molecular formula is C16H13N3O4. The monoisotopic (exact) mass is 311 g/mol. The lowest BCUT2D eigenvalue weighted by atomic mass is 9.84. The maximum absolute atomic E-state index is 12.4. The lowest BCUT2D eigenvalue weighted by Crippen LogP contribution is -2.45. The Bertz CT molecular complexity index is 774. The van der Waals surface area contributed by atoms with Crippen LogP contribution in [0.25, 0.3) is 0 Å². The summed E-state index contributed by atoms with van der Waals surface area (Å²) in [6.07, 6.45) is 0.201. The average molecular weight is 311 g/mol. The molecule has 1 saturated heterocycles. The minimum Gasteiger partial charge on any atom is -0.319 e. The van der Waals surface area contributed by atoms with Crippen molar-refractivity contribution in [3.63, 3.8) is 0 Å². The van der Waals surface area contributed by atoms with Crippen LogP contribution in [0.5, 0.6) is 0 Å². The van der Waals surface area contributed by atoms with Gasteiger partial charge in [-0.1, -0.05) is 42.5 Å². The molecule has 2 N–H and O–H groups in total. The number of urea groups is 1. The molecule has 1 atom stereocenters. The Morgan fingerprint density at radius 1 is 1.00 bits per heavy atom. The summed E-state index contributed by atoms with van der Waals surface area (Å²) < 4.78 is 0. The first-order valence-electron chi connectivity index (χ1n) is 6.94. The lowest BCUT2D eigenvalue weighted by Gasteiger charge is -2.26. The Hall–Kier alpha value is -3.22.